The van der Waals surface area contributed by atoms with Crippen LogP contribution in [0, 0.1) is 59.2 Å². The Labute approximate surface area is 381 Å². The topological polar surface area (TPSA) is 46.2 Å². The minimum Gasteiger partial charge on any atom is -0.489 e. The summed E-state index contributed by atoms with van der Waals surface area (Å²) >= 11 is 0. The maximum Gasteiger partial charge on any atom is 0.211 e. The highest BCUT2D eigenvalue weighted by Gasteiger charge is 2.26. The third-order valence-corrected chi connectivity index (χ3v) is 12.8. The molecule has 1 aromatic rings. The first-order chi connectivity index (χ1) is 29.0. The molecule has 1 aromatic carbocycles. The van der Waals surface area contributed by atoms with Crippen molar-refractivity contribution in [2.24, 2.45) is 59.2 Å². The van der Waals surface area contributed by atoms with Crippen molar-refractivity contribution in [3.63, 3.8) is 0 Å². The molecule has 5 heteroatoms. The highest BCUT2D eigenvalue weighted by Crippen LogP contribution is 2.51. The number of hydrogen-bond acceptors (Lipinski definition) is 5. The minimum atomic E-state index is 0.579. The van der Waals surface area contributed by atoms with Crippen molar-refractivity contribution in [3.05, 3.63) is 6.07 Å². The van der Waals surface area contributed by atoms with Crippen molar-refractivity contribution in [1.82, 2.24) is 0 Å². The third kappa shape index (κ3) is 30.1. The summed E-state index contributed by atoms with van der Waals surface area (Å²) in [5, 5.41) is 0. The van der Waals surface area contributed by atoms with Crippen LogP contribution in [0.25, 0.3) is 0 Å². The molecule has 360 valence electrons. The zero-order valence-corrected chi connectivity index (χ0v) is 43.6. The maximum absolute atomic E-state index is 6.94. The highest BCUT2D eigenvalue weighted by atomic mass is 16.6. The smallest absolute Gasteiger partial charge is 0.211 e. The van der Waals surface area contributed by atoms with Crippen molar-refractivity contribution in [2.45, 2.75) is 232 Å². The predicted molar refractivity (Wildman–Crippen MR) is 266 cm³/mol. The van der Waals surface area contributed by atoms with Crippen molar-refractivity contribution in [3.8, 4) is 28.7 Å². The normalized spacial score (nSPS) is 14.6. The van der Waals surface area contributed by atoms with Gasteiger partial charge >= 0.3 is 0 Å². The summed E-state index contributed by atoms with van der Waals surface area (Å²) in [5.41, 5.74) is 0. The number of hydrogen-bond donors (Lipinski definition) is 0. The monoisotopic (exact) mass is 859 g/mol. The fourth-order valence-corrected chi connectivity index (χ4v) is 8.12. The van der Waals surface area contributed by atoms with E-state index in [4.69, 9.17) is 23.7 Å². The number of rotatable bonds is 40. The van der Waals surface area contributed by atoms with Crippen LogP contribution in [-0.4, -0.2) is 33.0 Å². The second-order valence-electron chi connectivity index (χ2n) is 22.2. The molecule has 0 spiro atoms. The fraction of sp³-hybridized carbons (Fsp3) is 0.893. The molecule has 0 saturated heterocycles. The van der Waals surface area contributed by atoms with E-state index in [9.17, 15) is 0 Å². The predicted octanol–water partition coefficient (Wildman–Crippen LogP) is 17.8. The molecule has 0 aliphatic rings. The lowest BCUT2D eigenvalue weighted by molar-refractivity contribution is 0.192. The van der Waals surface area contributed by atoms with Gasteiger partial charge < -0.3 is 23.7 Å². The van der Waals surface area contributed by atoms with Gasteiger partial charge in [-0.2, -0.15) is 0 Å². The maximum atomic E-state index is 6.94. The van der Waals surface area contributed by atoms with Crippen LogP contribution in [0.4, 0.5) is 0 Å². The molecule has 0 heterocycles. The molecule has 0 N–H and O–H groups in total. The van der Waals surface area contributed by atoms with Gasteiger partial charge in [0, 0.05) is 6.07 Å². The van der Waals surface area contributed by atoms with Crippen LogP contribution >= 0.6 is 0 Å². The Morgan fingerprint density at radius 1 is 0.262 bits per heavy atom. The average Bonchev–Trinajstić information content (AvgIpc) is 3.15. The minimum absolute atomic E-state index is 0.579. The molecule has 5 unspecified atom stereocenters. The third-order valence-electron chi connectivity index (χ3n) is 12.8. The van der Waals surface area contributed by atoms with Gasteiger partial charge in [0.2, 0.25) is 17.2 Å². The molecule has 0 aliphatic carbocycles. The molecule has 5 nitrogen and oxygen atoms in total. The van der Waals surface area contributed by atoms with E-state index in [1.807, 2.05) is 0 Å². The summed E-state index contributed by atoms with van der Waals surface area (Å²) in [5.74, 6) is 10.2. The molecule has 0 fully saturated rings. The molecular formula is C56H106O5. The summed E-state index contributed by atoms with van der Waals surface area (Å²) in [7, 11) is 0. The second-order valence-corrected chi connectivity index (χ2v) is 22.2. The highest BCUT2D eigenvalue weighted by molar-refractivity contribution is 5.65. The number of benzene rings is 1. The Hall–Kier alpha value is -1.78. The van der Waals surface area contributed by atoms with Gasteiger partial charge in [0.15, 0.2) is 11.5 Å². The summed E-state index contributed by atoms with van der Waals surface area (Å²) in [4.78, 5) is 0. The standard InChI is InChI=1S/C56H106O5/c1-42(2)21-16-26-47(11)31-36-57-52-41-53(58-37-32-48(12)27-17-22-43(3)4)55(60-39-34-50(14)29-19-24-45(7)8)56(61-40-35-51(15)30-20-25-46(9)10)54(52)59-38-33-49(13)28-18-23-44(5)6/h41-51H,16-40H2,1-15H3. The van der Waals surface area contributed by atoms with E-state index in [1.165, 1.54) is 96.3 Å². The molecule has 1 rings (SSSR count). The lowest BCUT2D eigenvalue weighted by atomic mass is 9.97. The number of ether oxygens (including phenoxy) is 5. The Balaban J connectivity index is 3.60. The van der Waals surface area contributed by atoms with Crippen molar-refractivity contribution >= 4 is 0 Å². The Morgan fingerprint density at radius 3 is 0.705 bits per heavy atom. The van der Waals surface area contributed by atoms with Crippen LogP contribution in [-0.2, 0) is 0 Å². The van der Waals surface area contributed by atoms with Gasteiger partial charge in [-0.1, -0.05) is 200 Å². The van der Waals surface area contributed by atoms with E-state index in [1.54, 1.807) is 0 Å². The molecule has 61 heavy (non-hydrogen) atoms. The summed E-state index contributed by atoms with van der Waals surface area (Å²) in [6.45, 7) is 38.2. The van der Waals surface area contributed by atoms with E-state index in [0.29, 0.717) is 79.9 Å². The van der Waals surface area contributed by atoms with Crippen LogP contribution in [0.5, 0.6) is 28.7 Å². The van der Waals surface area contributed by atoms with Crippen LogP contribution in [0.15, 0.2) is 6.07 Å². The van der Waals surface area contributed by atoms with E-state index in [0.717, 1.165) is 73.2 Å². The van der Waals surface area contributed by atoms with Crippen LogP contribution in [0.2, 0.25) is 0 Å². The van der Waals surface area contributed by atoms with E-state index in [2.05, 4.69) is 110 Å². The molecule has 0 bridgehead atoms. The molecule has 5 atom stereocenters. The van der Waals surface area contributed by atoms with Gasteiger partial charge in [0.25, 0.3) is 0 Å². The van der Waals surface area contributed by atoms with E-state index >= 15 is 0 Å². The van der Waals surface area contributed by atoms with E-state index < -0.39 is 0 Å². The Bertz CT molecular complexity index is 1100. The van der Waals surface area contributed by atoms with Gasteiger partial charge in [-0.3, -0.25) is 0 Å². The van der Waals surface area contributed by atoms with Crippen molar-refractivity contribution in [2.75, 3.05) is 33.0 Å². The molecule has 0 aliphatic heterocycles. The van der Waals surface area contributed by atoms with Gasteiger partial charge in [0.1, 0.15) is 0 Å². The fourth-order valence-electron chi connectivity index (χ4n) is 8.12. The zero-order chi connectivity index (χ0) is 45.6. The Morgan fingerprint density at radius 2 is 0.475 bits per heavy atom. The molecule has 0 radical (unpaired) electrons. The SMILES string of the molecule is CC(C)CCCC(C)CCOc1cc(OCCC(C)CCCC(C)C)c(OCCC(C)CCCC(C)C)c(OCCC(C)CCCC(C)C)c1OCCC(C)CCCC(C)C. The van der Waals surface area contributed by atoms with E-state index in [-0.39, 0.29) is 0 Å². The molecule has 0 amide bonds. The van der Waals surface area contributed by atoms with Gasteiger partial charge in [0.05, 0.1) is 33.0 Å². The summed E-state index contributed by atoms with van der Waals surface area (Å²) in [6.07, 6.45) is 23.9. The second kappa shape index (κ2) is 34.6. The lowest BCUT2D eigenvalue weighted by Crippen LogP contribution is -2.14. The van der Waals surface area contributed by atoms with Crippen LogP contribution < -0.4 is 23.7 Å². The zero-order valence-electron chi connectivity index (χ0n) is 43.6. The molecule has 0 aromatic heterocycles. The van der Waals surface area contributed by atoms with Crippen LogP contribution in [0.3, 0.4) is 0 Å². The van der Waals surface area contributed by atoms with Gasteiger partial charge in [-0.15, -0.1) is 0 Å². The summed E-state index contributed by atoms with van der Waals surface area (Å²) < 4.78 is 34.3. The lowest BCUT2D eigenvalue weighted by Gasteiger charge is -2.24. The molecular weight excluding hydrogens is 753 g/mol. The first kappa shape index (κ1) is 57.2. The summed E-state index contributed by atoms with van der Waals surface area (Å²) in [6, 6.07) is 2.08. The average molecular weight is 859 g/mol. The Kier molecular flexibility index (Phi) is 32.5. The van der Waals surface area contributed by atoms with Gasteiger partial charge in [-0.25, -0.2) is 0 Å². The first-order valence-corrected chi connectivity index (χ1v) is 26.3. The quantitative estimate of drug-likeness (QED) is 0.0658. The largest absolute Gasteiger partial charge is 0.489 e. The van der Waals surface area contributed by atoms with Gasteiger partial charge in [-0.05, 0) is 91.3 Å². The van der Waals surface area contributed by atoms with Crippen molar-refractivity contribution < 1.29 is 23.7 Å². The van der Waals surface area contributed by atoms with Crippen molar-refractivity contribution in [1.29, 1.82) is 0 Å². The molecule has 0 saturated carbocycles. The van der Waals surface area contributed by atoms with Crippen LogP contribution in [0.1, 0.15) is 232 Å². The first-order valence-electron chi connectivity index (χ1n) is 26.3.